The first-order chi connectivity index (χ1) is 7.29. The van der Waals surface area contributed by atoms with Gasteiger partial charge in [-0.05, 0) is 30.6 Å². The molecule has 0 radical (unpaired) electrons. The monoisotopic (exact) mass is 245 g/mol. The Morgan fingerprint density at radius 2 is 2.00 bits per heavy atom. The molecule has 0 aromatic rings. The summed E-state index contributed by atoms with van der Waals surface area (Å²) in [4.78, 5) is 11.7. The van der Waals surface area contributed by atoms with Gasteiger partial charge >= 0.3 is 0 Å². The first kappa shape index (κ1) is 13.8. The Bertz CT molecular complexity index is 243. The van der Waals surface area contributed by atoms with Gasteiger partial charge in [-0.25, -0.2) is 0 Å². The van der Waals surface area contributed by atoms with E-state index in [2.05, 4.69) is 26.1 Å². The van der Waals surface area contributed by atoms with E-state index in [9.17, 15) is 4.79 Å². The standard InChI is InChI=1S/C13H24ClNO/c1-9(10-5-6-10)12(16)15-8-11(14)7-13(2,3)4/h9-11H,5-8H2,1-4H3,(H,15,16). The van der Waals surface area contributed by atoms with Crippen LogP contribution in [0.3, 0.4) is 0 Å². The number of nitrogens with one attached hydrogen (secondary N) is 1. The molecule has 1 amide bonds. The maximum atomic E-state index is 11.7. The Morgan fingerprint density at radius 1 is 1.44 bits per heavy atom. The Morgan fingerprint density at radius 3 is 2.44 bits per heavy atom. The van der Waals surface area contributed by atoms with Gasteiger partial charge in [0.15, 0.2) is 0 Å². The second-order valence-electron chi connectivity index (χ2n) is 6.23. The van der Waals surface area contributed by atoms with E-state index in [0.29, 0.717) is 12.5 Å². The van der Waals surface area contributed by atoms with Crippen molar-refractivity contribution >= 4 is 17.5 Å². The van der Waals surface area contributed by atoms with Crippen LogP contribution in [0.25, 0.3) is 0 Å². The highest BCUT2D eigenvalue weighted by molar-refractivity contribution is 6.20. The largest absolute Gasteiger partial charge is 0.354 e. The van der Waals surface area contributed by atoms with Crippen LogP contribution in [0.4, 0.5) is 0 Å². The van der Waals surface area contributed by atoms with Crippen LogP contribution >= 0.6 is 11.6 Å². The van der Waals surface area contributed by atoms with E-state index < -0.39 is 0 Å². The predicted molar refractivity (Wildman–Crippen MR) is 68.6 cm³/mol. The number of halogens is 1. The van der Waals surface area contributed by atoms with Crippen molar-refractivity contribution in [1.29, 1.82) is 0 Å². The highest BCUT2D eigenvalue weighted by Crippen LogP contribution is 2.36. The van der Waals surface area contributed by atoms with Gasteiger partial charge in [-0.15, -0.1) is 11.6 Å². The van der Waals surface area contributed by atoms with Crippen molar-refractivity contribution in [3.63, 3.8) is 0 Å². The Balaban J connectivity index is 2.20. The molecule has 0 heterocycles. The van der Waals surface area contributed by atoms with Crippen molar-refractivity contribution in [1.82, 2.24) is 5.32 Å². The van der Waals surface area contributed by atoms with Crippen molar-refractivity contribution in [2.24, 2.45) is 17.3 Å². The van der Waals surface area contributed by atoms with E-state index in [0.717, 1.165) is 6.42 Å². The van der Waals surface area contributed by atoms with Crippen LogP contribution in [0, 0.1) is 17.3 Å². The molecule has 1 saturated carbocycles. The van der Waals surface area contributed by atoms with Gasteiger partial charge in [0.2, 0.25) is 5.91 Å². The maximum Gasteiger partial charge on any atom is 0.223 e. The van der Waals surface area contributed by atoms with Crippen LogP contribution in [0.2, 0.25) is 0 Å². The highest BCUT2D eigenvalue weighted by atomic mass is 35.5. The van der Waals surface area contributed by atoms with Gasteiger partial charge in [0, 0.05) is 12.5 Å². The molecule has 1 fully saturated rings. The van der Waals surface area contributed by atoms with Crippen LogP contribution in [0.15, 0.2) is 0 Å². The third-order valence-corrected chi connectivity index (χ3v) is 3.38. The molecule has 0 aromatic heterocycles. The van der Waals surface area contributed by atoms with Crippen molar-refractivity contribution in [3.05, 3.63) is 0 Å². The topological polar surface area (TPSA) is 29.1 Å². The minimum Gasteiger partial charge on any atom is -0.354 e. The summed E-state index contributed by atoms with van der Waals surface area (Å²) in [6.45, 7) is 9.10. The summed E-state index contributed by atoms with van der Waals surface area (Å²) in [5, 5.41) is 2.99. The molecule has 0 bridgehead atoms. The lowest BCUT2D eigenvalue weighted by atomic mass is 9.90. The molecular weight excluding hydrogens is 222 g/mol. The molecule has 2 unspecified atom stereocenters. The third-order valence-electron chi connectivity index (χ3n) is 3.07. The fraction of sp³-hybridized carbons (Fsp3) is 0.923. The Labute approximate surface area is 104 Å². The number of alkyl halides is 1. The first-order valence-corrected chi connectivity index (χ1v) is 6.65. The lowest BCUT2D eigenvalue weighted by Gasteiger charge is -2.22. The average Bonchev–Trinajstić information content (AvgIpc) is 2.93. The second-order valence-corrected chi connectivity index (χ2v) is 6.85. The molecule has 1 N–H and O–H groups in total. The van der Waals surface area contributed by atoms with Gasteiger partial charge in [-0.2, -0.15) is 0 Å². The summed E-state index contributed by atoms with van der Waals surface area (Å²) < 4.78 is 0. The minimum atomic E-state index is 0.0374. The SMILES string of the molecule is CC(C(=O)NCC(Cl)CC(C)(C)C)C1CC1. The summed E-state index contributed by atoms with van der Waals surface area (Å²) in [6.07, 6.45) is 3.34. The van der Waals surface area contributed by atoms with Crippen molar-refractivity contribution in [3.8, 4) is 0 Å². The molecule has 1 rings (SSSR count). The minimum absolute atomic E-state index is 0.0374. The van der Waals surface area contributed by atoms with Crippen LogP contribution in [0.1, 0.15) is 47.0 Å². The van der Waals surface area contributed by atoms with Gasteiger partial charge in [-0.3, -0.25) is 4.79 Å². The summed E-state index contributed by atoms with van der Waals surface area (Å²) in [6, 6.07) is 0. The van der Waals surface area contributed by atoms with Gasteiger partial charge < -0.3 is 5.32 Å². The number of hydrogen-bond acceptors (Lipinski definition) is 1. The van der Waals surface area contributed by atoms with Crippen LogP contribution in [0.5, 0.6) is 0 Å². The zero-order valence-electron chi connectivity index (χ0n) is 10.8. The van der Waals surface area contributed by atoms with Crippen molar-refractivity contribution in [2.45, 2.75) is 52.3 Å². The Hall–Kier alpha value is -0.240. The molecule has 94 valence electrons. The second kappa shape index (κ2) is 5.39. The fourth-order valence-corrected chi connectivity index (χ4v) is 2.46. The van der Waals surface area contributed by atoms with E-state index in [4.69, 9.17) is 11.6 Å². The van der Waals surface area contributed by atoms with Gasteiger partial charge in [0.1, 0.15) is 0 Å². The van der Waals surface area contributed by atoms with Gasteiger partial charge in [0.25, 0.3) is 0 Å². The number of rotatable bonds is 5. The molecule has 1 aliphatic rings. The molecule has 0 saturated heterocycles. The van der Waals surface area contributed by atoms with E-state index in [1.165, 1.54) is 12.8 Å². The van der Waals surface area contributed by atoms with Crippen LogP contribution < -0.4 is 5.32 Å². The molecule has 0 aromatic carbocycles. The summed E-state index contributed by atoms with van der Waals surface area (Å²) in [7, 11) is 0. The lowest BCUT2D eigenvalue weighted by molar-refractivity contribution is -0.125. The third kappa shape index (κ3) is 5.20. The zero-order valence-corrected chi connectivity index (χ0v) is 11.6. The molecule has 2 nitrogen and oxygen atoms in total. The molecule has 0 aliphatic heterocycles. The van der Waals surface area contributed by atoms with Gasteiger partial charge in [0.05, 0.1) is 5.38 Å². The predicted octanol–water partition coefficient (Wildman–Crippen LogP) is 3.19. The fourth-order valence-electron chi connectivity index (χ4n) is 1.92. The Kier molecular flexibility index (Phi) is 4.66. The molecule has 2 atom stereocenters. The van der Waals surface area contributed by atoms with Crippen molar-refractivity contribution in [2.75, 3.05) is 6.54 Å². The highest BCUT2D eigenvalue weighted by Gasteiger charge is 2.32. The normalized spacial score (nSPS) is 20.3. The zero-order chi connectivity index (χ0) is 12.3. The van der Waals surface area contributed by atoms with E-state index in [-0.39, 0.29) is 22.6 Å². The molecular formula is C13H24ClNO. The van der Waals surface area contributed by atoms with Crippen molar-refractivity contribution < 1.29 is 4.79 Å². The van der Waals surface area contributed by atoms with Crippen LogP contribution in [-0.4, -0.2) is 17.8 Å². The van der Waals surface area contributed by atoms with Gasteiger partial charge in [-0.1, -0.05) is 27.7 Å². The smallest absolute Gasteiger partial charge is 0.223 e. The average molecular weight is 246 g/mol. The van der Waals surface area contributed by atoms with E-state index in [1.807, 2.05) is 6.92 Å². The lowest BCUT2D eigenvalue weighted by Crippen LogP contribution is -2.35. The number of carbonyl (C=O) groups is 1. The molecule has 16 heavy (non-hydrogen) atoms. The van der Waals surface area contributed by atoms with E-state index in [1.54, 1.807) is 0 Å². The summed E-state index contributed by atoms with van der Waals surface area (Å²) >= 11 is 6.19. The summed E-state index contributed by atoms with van der Waals surface area (Å²) in [5.41, 5.74) is 0.221. The summed E-state index contributed by atoms with van der Waals surface area (Å²) in [5.74, 6) is 0.956. The molecule has 0 spiro atoms. The number of hydrogen-bond donors (Lipinski definition) is 1. The quantitative estimate of drug-likeness (QED) is 0.741. The van der Waals surface area contributed by atoms with Crippen LogP contribution in [-0.2, 0) is 4.79 Å². The number of carbonyl (C=O) groups excluding carboxylic acids is 1. The number of amides is 1. The maximum absolute atomic E-state index is 11.7. The molecule has 1 aliphatic carbocycles. The first-order valence-electron chi connectivity index (χ1n) is 6.21. The molecule has 3 heteroatoms. The van der Waals surface area contributed by atoms with E-state index >= 15 is 0 Å².